The van der Waals surface area contributed by atoms with Gasteiger partial charge in [-0.25, -0.2) is 4.68 Å². The molecule has 2 rings (SSSR count). The van der Waals surface area contributed by atoms with Crippen molar-refractivity contribution < 1.29 is 0 Å². The predicted octanol–water partition coefficient (Wildman–Crippen LogP) is 2.10. The van der Waals surface area contributed by atoms with E-state index < -0.39 is 0 Å². The van der Waals surface area contributed by atoms with E-state index in [9.17, 15) is 0 Å². The average molecular weight is 191 g/mol. The molecule has 0 aromatic carbocycles. The molecule has 14 heavy (non-hydrogen) atoms. The Morgan fingerprint density at radius 3 is 2.71 bits per heavy atom. The van der Waals surface area contributed by atoms with Gasteiger partial charge in [-0.05, 0) is 12.8 Å². The summed E-state index contributed by atoms with van der Waals surface area (Å²) in [4.78, 5) is 0. The Labute approximate surface area is 84.6 Å². The Kier molecular flexibility index (Phi) is 2.42. The van der Waals surface area contributed by atoms with Crippen molar-refractivity contribution in [2.24, 2.45) is 5.73 Å². The fraction of sp³-hybridized carbons (Fsp3) is 0.545. The fourth-order valence-electron chi connectivity index (χ4n) is 2.17. The number of hydrogen-bond acceptors (Lipinski definition) is 2. The molecule has 1 fully saturated rings. The van der Waals surface area contributed by atoms with Crippen LogP contribution in [0, 0.1) is 0 Å². The molecule has 0 aliphatic heterocycles. The molecule has 0 amide bonds. The van der Waals surface area contributed by atoms with Gasteiger partial charge in [0.1, 0.15) is 0 Å². The topological polar surface area (TPSA) is 43.8 Å². The Balaban J connectivity index is 2.23. The maximum absolute atomic E-state index is 6.36. The molecule has 1 aliphatic carbocycles. The standard InChI is InChI=1S/C11H17N3/c1-2-14-9-10(8-13-14)11(12)6-4-3-5-7-11/h2,8-9H,1,3-7,12H2. The quantitative estimate of drug-likeness (QED) is 0.778. The van der Waals surface area contributed by atoms with Gasteiger partial charge in [0, 0.05) is 23.5 Å². The molecule has 76 valence electrons. The van der Waals surface area contributed by atoms with Crippen molar-refractivity contribution in [3.8, 4) is 0 Å². The second-order valence-corrected chi connectivity index (χ2v) is 4.11. The van der Waals surface area contributed by atoms with Gasteiger partial charge >= 0.3 is 0 Å². The molecule has 0 bridgehead atoms. The third-order valence-corrected chi connectivity index (χ3v) is 3.11. The molecule has 1 saturated carbocycles. The summed E-state index contributed by atoms with van der Waals surface area (Å²) in [6.07, 6.45) is 11.5. The highest BCUT2D eigenvalue weighted by Crippen LogP contribution is 2.34. The molecule has 1 aliphatic rings. The minimum Gasteiger partial charge on any atom is -0.321 e. The largest absolute Gasteiger partial charge is 0.321 e. The van der Waals surface area contributed by atoms with E-state index in [1.807, 2.05) is 12.4 Å². The Bertz CT molecular complexity index is 321. The molecule has 0 atom stereocenters. The summed E-state index contributed by atoms with van der Waals surface area (Å²) < 4.78 is 1.72. The smallest absolute Gasteiger partial charge is 0.0544 e. The van der Waals surface area contributed by atoms with Gasteiger partial charge in [0.15, 0.2) is 0 Å². The first kappa shape index (κ1) is 9.46. The van der Waals surface area contributed by atoms with Crippen molar-refractivity contribution in [1.82, 2.24) is 9.78 Å². The molecule has 3 heteroatoms. The lowest BCUT2D eigenvalue weighted by Gasteiger charge is -2.32. The Hall–Kier alpha value is -1.09. The van der Waals surface area contributed by atoms with Gasteiger partial charge in [0.2, 0.25) is 0 Å². The summed E-state index contributed by atoms with van der Waals surface area (Å²) in [5.74, 6) is 0. The number of hydrogen-bond donors (Lipinski definition) is 1. The van der Waals surface area contributed by atoms with Gasteiger partial charge in [0.05, 0.1) is 6.20 Å². The van der Waals surface area contributed by atoms with Crippen molar-refractivity contribution >= 4 is 6.20 Å². The van der Waals surface area contributed by atoms with Crippen LogP contribution in [0.5, 0.6) is 0 Å². The second-order valence-electron chi connectivity index (χ2n) is 4.11. The normalized spacial score (nSPS) is 20.6. The van der Waals surface area contributed by atoms with Gasteiger partial charge in [-0.2, -0.15) is 5.10 Å². The monoisotopic (exact) mass is 191 g/mol. The third-order valence-electron chi connectivity index (χ3n) is 3.11. The number of aromatic nitrogens is 2. The number of nitrogens with two attached hydrogens (primary N) is 1. The molecular weight excluding hydrogens is 174 g/mol. The van der Waals surface area contributed by atoms with Crippen LogP contribution in [0.3, 0.4) is 0 Å². The first-order valence-electron chi connectivity index (χ1n) is 5.21. The highest BCUT2D eigenvalue weighted by molar-refractivity contribution is 5.24. The zero-order valence-electron chi connectivity index (χ0n) is 8.45. The van der Waals surface area contributed by atoms with Gasteiger partial charge in [0.25, 0.3) is 0 Å². The van der Waals surface area contributed by atoms with Crippen molar-refractivity contribution in [1.29, 1.82) is 0 Å². The van der Waals surface area contributed by atoms with Gasteiger partial charge in [-0.3, -0.25) is 0 Å². The Morgan fingerprint density at radius 1 is 1.43 bits per heavy atom. The van der Waals surface area contributed by atoms with Gasteiger partial charge in [-0.1, -0.05) is 25.8 Å². The minimum absolute atomic E-state index is 0.139. The van der Waals surface area contributed by atoms with Crippen molar-refractivity contribution in [2.45, 2.75) is 37.6 Å². The van der Waals surface area contributed by atoms with E-state index in [4.69, 9.17) is 5.73 Å². The summed E-state index contributed by atoms with van der Waals surface area (Å²) in [5.41, 5.74) is 7.37. The van der Waals surface area contributed by atoms with Crippen LogP contribution < -0.4 is 5.73 Å². The summed E-state index contributed by atoms with van der Waals surface area (Å²) in [6.45, 7) is 3.67. The molecule has 1 aromatic rings. The molecule has 0 unspecified atom stereocenters. The zero-order valence-corrected chi connectivity index (χ0v) is 8.45. The van der Waals surface area contributed by atoms with Crippen LogP contribution in [0.4, 0.5) is 0 Å². The SMILES string of the molecule is C=Cn1cc(C2(N)CCCCC2)cn1. The van der Waals surface area contributed by atoms with Crippen LogP contribution >= 0.6 is 0 Å². The lowest BCUT2D eigenvalue weighted by Crippen LogP contribution is -2.38. The van der Waals surface area contributed by atoms with Gasteiger partial charge in [-0.15, -0.1) is 0 Å². The van der Waals surface area contributed by atoms with E-state index in [0.29, 0.717) is 0 Å². The van der Waals surface area contributed by atoms with E-state index >= 15 is 0 Å². The van der Waals surface area contributed by atoms with Crippen LogP contribution in [0.25, 0.3) is 6.20 Å². The van der Waals surface area contributed by atoms with E-state index in [1.165, 1.54) is 19.3 Å². The van der Waals surface area contributed by atoms with E-state index in [0.717, 1.165) is 18.4 Å². The summed E-state index contributed by atoms with van der Waals surface area (Å²) >= 11 is 0. The molecule has 0 saturated heterocycles. The van der Waals surface area contributed by atoms with Crippen LogP contribution in [0.2, 0.25) is 0 Å². The summed E-state index contributed by atoms with van der Waals surface area (Å²) in [7, 11) is 0. The first-order valence-corrected chi connectivity index (χ1v) is 5.21. The van der Waals surface area contributed by atoms with Crippen molar-refractivity contribution in [2.75, 3.05) is 0 Å². The second kappa shape index (κ2) is 3.58. The summed E-state index contributed by atoms with van der Waals surface area (Å²) in [6, 6.07) is 0. The maximum Gasteiger partial charge on any atom is 0.0544 e. The molecule has 2 N–H and O–H groups in total. The van der Waals surface area contributed by atoms with Crippen LogP contribution in [-0.2, 0) is 5.54 Å². The molecule has 0 radical (unpaired) electrons. The molecular formula is C11H17N3. The third kappa shape index (κ3) is 1.60. The Morgan fingerprint density at radius 2 is 2.14 bits per heavy atom. The van der Waals surface area contributed by atoms with E-state index in [-0.39, 0.29) is 5.54 Å². The van der Waals surface area contributed by atoms with E-state index in [2.05, 4.69) is 11.7 Å². The van der Waals surface area contributed by atoms with Crippen LogP contribution in [0.15, 0.2) is 19.0 Å². The lowest BCUT2D eigenvalue weighted by molar-refractivity contribution is 0.302. The highest BCUT2D eigenvalue weighted by atomic mass is 15.2. The van der Waals surface area contributed by atoms with E-state index in [1.54, 1.807) is 10.9 Å². The predicted molar refractivity (Wildman–Crippen MR) is 57.6 cm³/mol. The average Bonchev–Trinajstić information content (AvgIpc) is 2.67. The lowest BCUT2D eigenvalue weighted by atomic mass is 9.79. The molecule has 3 nitrogen and oxygen atoms in total. The van der Waals surface area contributed by atoms with Gasteiger partial charge < -0.3 is 5.73 Å². The van der Waals surface area contributed by atoms with Crippen molar-refractivity contribution in [3.63, 3.8) is 0 Å². The van der Waals surface area contributed by atoms with Crippen LogP contribution in [0.1, 0.15) is 37.7 Å². The molecule has 1 aromatic heterocycles. The summed E-state index contributed by atoms with van der Waals surface area (Å²) in [5, 5.41) is 4.17. The first-order chi connectivity index (χ1) is 6.74. The van der Waals surface area contributed by atoms with Crippen molar-refractivity contribution in [3.05, 3.63) is 24.5 Å². The zero-order chi connectivity index (χ0) is 10.0. The fourth-order valence-corrected chi connectivity index (χ4v) is 2.17. The number of rotatable bonds is 2. The molecule has 0 spiro atoms. The minimum atomic E-state index is -0.139. The highest BCUT2D eigenvalue weighted by Gasteiger charge is 2.30. The number of nitrogens with zero attached hydrogens (tertiary/aromatic N) is 2. The maximum atomic E-state index is 6.36. The molecule has 1 heterocycles. The van der Waals surface area contributed by atoms with Crippen LogP contribution in [-0.4, -0.2) is 9.78 Å².